The van der Waals surface area contributed by atoms with E-state index in [0.717, 1.165) is 23.6 Å². The predicted molar refractivity (Wildman–Crippen MR) is 109 cm³/mol. The van der Waals surface area contributed by atoms with Crippen molar-refractivity contribution in [2.24, 2.45) is 0 Å². The van der Waals surface area contributed by atoms with Crippen molar-refractivity contribution in [3.05, 3.63) is 76.1 Å². The van der Waals surface area contributed by atoms with E-state index in [0.29, 0.717) is 34.5 Å². The molecule has 0 spiro atoms. The van der Waals surface area contributed by atoms with Gasteiger partial charge in [-0.3, -0.25) is 13.8 Å². The number of halogens is 1. The van der Waals surface area contributed by atoms with E-state index in [4.69, 9.17) is 0 Å². The van der Waals surface area contributed by atoms with Gasteiger partial charge in [0.15, 0.2) is 11.0 Å². The monoisotopic (exact) mass is 407 g/mol. The third-order valence-corrected chi connectivity index (χ3v) is 5.96. The molecule has 0 N–H and O–H groups in total. The average Bonchev–Trinajstić information content (AvgIpc) is 3.47. The van der Waals surface area contributed by atoms with Gasteiger partial charge in [-0.2, -0.15) is 0 Å². The summed E-state index contributed by atoms with van der Waals surface area (Å²) in [6.07, 6.45) is 3.78. The molecule has 1 aliphatic rings. The zero-order valence-corrected chi connectivity index (χ0v) is 16.6. The van der Waals surface area contributed by atoms with E-state index < -0.39 is 0 Å². The molecule has 0 saturated heterocycles. The Balaban J connectivity index is 1.48. The van der Waals surface area contributed by atoms with E-state index in [1.54, 1.807) is 34.9 Å². The Morgan fingerprint density at radius 1 is 1.17 bits per heavy atom. The molecule has 29 heavy (non-hydrogen) atoms. The molecule has 8 heteroatoms. The first-order valence-corrected chi connectivity index (χ1v) is 10.4. The second-order valence-electron chi connectivity index (χ2n) is 7.15. The maximum atomic E-state index is 14.3. The second kappa shape index (κ2) is 7.11. The Labute approximate surface area is 170 Å². The number of aromatic nitrogens is 5. The number of rotatable bonds is 5. The van der Waals surface area contributed by atoms with E-state index in [2.05, 4.69) is 15.2 Å². The van der Waals surface area contributed by atoms with E-state index in [9.17, 15) is 9.18 Å². The topological polar surface area (TPSA) is 65.1 Å². The quantitative estimate of drug-likeness (QED) is 0.468. The fourth-order valence-electron chi connectivity index (χ4n) is 3.38. The van der Waals surface area contributed by atoms with Crippen LogP contribution in [0.4, 0.5) is 4.39 Å². The largest absolute Gasteiger partial charge is 0.299 e. The summed E-state index contributed by atoms with van der Waals surface area (Å²) in [4.78, 5) is 17.1. The Morgan fingerprint density at radius 2 is 2.00 bits per heavy atom. The van der Waals surface area contributed by atoms with Gasteiger partial charge in [0.2, 0.25) is 0 Å². The molecule has 5 rings (SSSR count). The summed E-state index contributed by atoms with van der Waals surface area (Å²) in [5.41, 5.74) is 2.64. The van der Waals surface area contributed by atoms with Crippen LogP contribution in [0.5, 0.6) is 0 Å². The Hall–Kier alpha value is -3.00. The summed E-state index contributed by atoms with van der Waals surface area (Å²) in [5, 5.41) is 9.30. The number of aryl methyl sites for hydroxylation is 1. The van der Waals surface area contributed by atoms with E-state index in [1.807, 2.05) is 23.6 Å². The molecule has 6 nitrogen and oxygen atoms in total. The highest BCUT2D eigenvalue weighted by molar-refractivity contribution is 7.98. The first-order chi connectivity index (χ1) is 14.1. The van der Waals surface area contributed by atoms with Crippen LogP contribution in [0, 0.1) is 12.7 Å². The van der Waals surface area contributed by atoms with Gasteiger partial charge in [-0.15, -0.1) is 10.2 Å². The van der Waals surface area contributed by atoms with Gasteiger partial charge in [-0.25, -0.2) is 9.37 Å². The maximum absolute atomic E-state index is 14.3. The number of fused-ring (bicyclic) bond motifs is 1. The number of hydrogen-bond acceptors (Lipinski definition) is 5. The summed E-state index contributed by atoms with van der Waals surface area (Å²) in [5.74, 6) is 0.732. The molecule has 0 radical (unpaired) electrons. The van der Waals surface area contributed by atoms with Gasteiger partial charge < -0.3 is 0 Å². The molecule has 0 unspecified atom stereocenters. The van der Waals surface area contributed by atoms with Gasteiger partial charge in [-0.1, -0.05) is 30.0 Å². The van der Waals surface area contributed by atoms with Crippen molar-refractivity contribution in [3.8, 4) is 11.4 Å². The molecule has 4 aromatic rings. The lowest BCUT2D eigenvalue weighted by molar-refractivity contribution is 0.622. The molecule has 146 valence electrons. The Bertz CT molecular complexity index is 1280. The van der Waals surface area contributed by atoms with Crippen LogP contribution in [0.15, 0.2) is 58.6 Å². The van der Waals surface area contributed by atoms with Gasteiger partial charge in [0.25, 0.3) is 5.56 Å². The normalized spacial score (nSPS) is 13.9. The summed E-state index contributed by atoms with van der Waals surface area (Å²) >= 11 is 1.47. The molecule has 1 aliphatic carbocycles. The lowest BCUT2D eigenvalue weighted by atomic mass is 10.2. The van der Waals surface area contributed by atoms with Crippen LogP contribution < -0.4 is 5.56 Å². The Kier molecular flexibility index (Phi) is 4.43. The predicted octanol–water partition coefficient (Wildman–Crippen LogP) is 4.03. The molecule has 3 aromatic heterocycles. The highest BCUT2D eigenvalue weighted by Gasteiger charge is 2.31. The number of benzene rings is 1. The van der Waals surface area contributed by atoms with Crippen molar-refractivity contribution < 1.29 is 4.39 Å². The van der Waals surface area contributed by atoms with Crippen molar-refractivity contribution >= 4 is 17.4 Å². The summed E-state index contributed by atoms with van der Waals surface area (Å²) in [6.45, 7) is 1.93. The fraction of sp³-hybridized carbons (Fsp3) is 0.238. The molecule has 0 aliphatic heterocycles. The second-order valence-corrected chi connectivity index (χ2v) is 8.09. The summed E-state index contributed by atoms with van der Waals surface area (Å²) in [7, 11) is 0. The average molecular weight is 407 g/mol. The molecule has 1 aromatic carbocycles. The molecule has 0 bridgehead atoms. The first kappa shape index (κ1) is 18.1. The van der Waals surface area contributed by atoms with Crippen LogP contribution in [-0.4, -0.2) is 24.1 Å². The van der Waals surface area contributed by atoms with Crippen LogP contribution >= 0.6 is 11.8 Å². The smallest absolute Gasteiger partial charge is 0.258 e. The van der Waals surface area contributed by atoms with Gasteiger partial charge in [0.1, 0.15) is 11.5 Å². The highest BCUT2D eigenvalue weighted by Crippen LogP contribution is 2.41. The van der Waals surface area contributed by atoms with Crippen molar-refractivity contribution in [1.82, 2.24) is 24.1 Å². The van der Waals surface area contributed by atoms with Crippen molar-refractivity contribution in [1.29, 1.82) is 0 Å². The molecular formula is C21H18FN5OS. The molecule has 3 heterocycles. The molecule has 1 fully saturated rings. The van der Waals surface area contributed by atoms with Crippen molar-refractivity contribution in [3.63, 3.8) is 0 Å². The zero-order chi connectivity index (χ0) is 20.0. The molecule has 0 atom stereocenters. The number of nitrogens with zero attached hydrogens (tertiary/aromatic N) is 5. The lowest BCUT2D eigenvalue weighted by Gasteiger charge is -2.10. The van der Waals surface area contributed by atoms with Gasteiger partial charge in [0.05, 0.1) is 11.3 Å². The van der Waals surface area contributed by atoms with E-state index in [1.165, 1.54) is 17.8 Å². The van der Waals surface area contributed by atoms with Gasteiger partial charge in [-0.05, 0) is 43.5 Å². The maximum Gasteiger partial charge on any atom is 0.258 e. The van der Waals surface area contributed by atoms with Crippen molar-refractivity contribution in [2.75, 3.05) is 0 Å². The van der Waals surface area contributed by atoms with Crippen LogP contribution in [0.3, 0.4) is 0 Å². The minimum Gasteiger partial charge on any atom is -0.299 e. The van der Waals surface area contributed by atoms with Gasteiger partial charge >= 0.3 is 0 Å². The fourth-order valence-corrected chi connectivity index (χ4v) is 4.28. The lowest BCUT2D eigenvalue weighted by Crippen LogP contribution is -2.15. The number of hydrogen-bond donors (Lipinski definition) is 0. The van der Waals surface area contributed by atoms with E-state index >= 15 is 0 Å². The molecular weight excluding hydrogens is 389 g/mol. The summed E-state index contributed by atoms with van der Waals surface area (Å²) < 4.78 is 17.9. The third-order valence-electron chi connectivity index (χ3n) is 4.98. The van der Waals surface area contributed by atoms with Gasteiger partial charge in [0, 0.05) is 24.1 Å². The minimum atomic E-state index is -0.307. The zero-order valence-electron chi connectivity index (χ0n) is 15.7. The van der Waals surface area contributed by atoms with Crippen LogP contribution in [0.1, 0.15) is 30.1 Å². The van der Waals surface area contributed by atoms with Crippen LogP contribution in [-0.2, 0) is 5.75 Å². The molecule has 0 amide bonds. The van der Waals surface area contributed by atoms with Crippen LogP contribution in [0.2, 0.25) is 0 Å². The standard InChI is InChI=1S/C21H18FN5OS/c1-13-5-4-10-26-18(28)11-14(23-19(13)26)12-29-21-25-24-20(27(21)15-8-9-15)16-6-2-3-7-17(16)22/h2-7,10-11,15H,8-9,12H2,1H3. The van der Waals surface area contributed by atoms with E-state index in [-0.39, 0.29) is 11.4 Å². The first-order valence-electron chi connectivity index (χ1n) is 9.42. The number of pyridine rings is 1. The molecule has 1 saturated carbocycles. The SMILES string of the molecule is Cc1cccn2c(=O)cc(CSc3nnc(-c4ccccc4F)n3C3CC3)nc12. The number of thioether (sulfide) groups is 1. The summed E-state index contributed by atoms with van der Waals surface area (Å²) in [6, 6.07) is 12.2. The minimum absolute atomic E-state index is 0.106. The van der Waals surface area contributed by atoms with Crippen molar-refractivity contribution in [2.45, 2.75) is 36.7 Å². The Morgan fingerprint density at radius 3 is 2.79 bits per heavy atom. The third kappa shape index (κ3) is 3.33. The van der Waals surface area contributed by atoms with Crippen LogP contribution in [0.25, 0.3) is 17.0 Å². The highest BCUT2D eigenvalue weighted by atomic mass is 32.2.